The van der Waals surface area contributed by atoms with Gasteiger partial charge in [-0.15, -0.1) is 0 Å². The molecule has 2 N–H and O–H groups in total. The number of aliphatic hydroxyl groups is 1. The maximum absolute atomic E-state index is 10.5. The van der Waals surface area contributed by atoms with Gasteiger partial charge in [0.25, 0.3) is 0 Å². The van der Waals surface area contributed by atoms with Crippen molar-refractivity contribution in [2.45, 2.75) is 6.10 Å². The van der Waals surface area contributed by atoms with E-state index in [1.54, 1.807) is 6.07 Å². The molecule has 0 saturated carbocycles. The zero-order valence-electron chi connectivity index (χ0n) is 6.94. The van der Waals surface area contributed by atoms with Crippen molar-refractivity contribution in [2.24, 2.45) is 0 Å². The predicted molar refractivity (Wildman–Crippen MR) is 48.8 cm³/mol. The Bertz CT molecular complexity index is 411. The van der Waals surface area contributed by atoms with E-state index in [9.17, 15) is 9.90 Å². The van der Waals surface area contributed by atoms with Gasteiger partial charge in [-0.25, -0.2) is 4.79 Å². The Morgan fingerprint density at radius 2 is 2.21 bits per heavy atom. The molecule has 0 aromatic heterocycles. The van der Waals surface area contributed by atoms with Gasteiger partial charge in [0.05, 0.1) is 11.6 Å². The highest BCUT2D eigenvalue weighted by Gasteiger charge is 2.19. The molecule has 14 heavy (non-hydrogen) atoms. The number of halogens is 1. The zero-order chi connectivity index (χ0) is 10.7. The average molecular weight is 212 g/mol. The number of nitrogens with zero attached hydrogens (tertiary/aromatic N) is 1. The standard InChI is InChI=1S/C9H6ClNO3/c10-6-2-1-5(4-11)7(3-6)8(12)9(13)14/h1-3,8,12H,(H,13,14). The van der Waals surface area contributed by atoms with Crippen molar-refractivity contribution in [3.8, 4) is 6.07 Å². The predicted octanol–water partition coefficient (Wildman–Crippen LogP) is 1.33. The summed E-state index contributed by atoms with van der Waals surface area (Å²) >= 11 is 5.61. The molecule has 72 valence electrons. The van der Waals surface area contributed by atoms with Crippen molar-refractivity contribution in [1.29, 1.82) is 5.26 Å². The lowest BCUT2D eigenvalue weighted by Crippen LogP contribution is -2.11. The van der Waals surface area contributed by atoms with Crippen LogP contribution in [-0.2, 0) is 4.79 Å². The SMILES string of the molecule is N#Cc1ccc(Cl)cc1C(O)C(=O)O. The Hall–Kier alpha value is -1.57. The van der Waals surface area contributed by atoms with Crippen molar-refractivity contribution >= 4 is 17.6 Å². The monoisotopic (exact) mass is 211 g/mol. The van der Waals surface area contributed by atoms with Crippen LogP contribution in [0.15, 0.2) is 18.2 Å². The van der Waals surface area contributed by atoms with Gasteiger partial charge in [-0.2, -0.15) is 5.26 Å². The van der Waals surface area contributed by atoms with E-state index in [-0.39, 0.29) is 16.1 Å². The molecular weight excluding hydrogens is 206 g/mol. The highest BCUT2D eigenvalue weighted by molar-refractivity contribution is 6.30. The van der Waals surface area contributed by atoms with Gasteiger partial charge in [0.15, 0.2) is 6.10 Å². The number of carbonyl (C=O) groups is 1. The first kappa shape index (κ1) is 10.5. The van der Waals surface area contributed by atoms with Gasteiger partial charge in [-0.05, 0) is 18.2 Å². The zero-order valence-corrected chi connectivity index (χ0v) is 7.69. The van der Waals surface area contributed by atoms with Crippen LogP contribution < -0.4 is 0 Å². The summed E-state index contributed by atoms with van der Waals surface area (Å²) in [7, 11) is 0. The van der Waals surface area contributed by atoms with Gasteiger partial charge in [0, 0.05) is 10.6 Å². The Morgan fingerprint density at radius 3 is 2.71 bits per heavy atom. The molecule has 0 amide bonds. The first-order chi connectivity index (χ1) is 6.56. The summed E-state index contributed by atoms with van der Waals surface area (Å²) in [6.45, 7) is 0. The lowest BCUT2D eigenvalue weighted by atomic mass is 10.0. The third kappa shape index (κ3) is 2.02. The molecule has 1 atom stereocenters. The number of carboxylic acid groups (broad SMARTS) is 1. The Labute approximate surface area is 85.0 Å². The molecule has 1 unspecified atom stereocenters. The molecule has 5 heteroatoms. The van der Waals surface area contributed by atoms with Crippen LogP contribution in [0.5, 0.6) is 0 Å². The lowest BCUT2D eigenvalue weighted by Gasteiger charge is -2.07. The second kappa shape index (κ2) is 4.09. The summed E-state index contributed by atoms with van der Waals surface area (Å²) in [5.41, 5.74) is 0.108. The van der Waals surface area contributed by atoms with Crippen molar-refractivity contribution < 1.29 is 15.0 Å². The largest absolute Gasteiger partial charge is 0.479 e. The average Bonchev–Trinajstić information content (AvgIpc) is 2.16. The van der Waals surface area contributed by atoms with Gasteiger partial charge >= 0.3 is 5.97 Å². The van der Waals surface area contributed by atoms with E-state index in [0.717, 1.165) is 0 Å². The molecule has 0 fully saturated rings. The smallest absolute Gasteiger partial charge is 0.337 e. The van der Waals surface area contributed by atoms with Gasteiger partial charge in [0.1, 0.15) is 0 Å². The molecule has 0 aliphatic heterocycles. The Balaban J connectivity index is 3.25. The fourth-order valence-corrected chi connectivity index (χ4v) is 1.18. The van der Waals surface area contributed by atoms with E-state index < -0.39 is 12.1 Å². The first-order valence-electron chi connectivity index (χ1n) is 3.66. The lowest BCUT2D eigenvalue weighted by molar-refractivity contribution is -0.146. The topological polar surface area (TPSA) is 81.3 Å². The summed E-state index contributed by atoms with van der Waals surface area (Å²) in [6, 6.07) is 5.86. The van der Waals surface area contributed by atoms with Crippen LogP contribution in [0.1, 0.15) is 17.2 Å². The van der Waals surface area contributed by atoms with E-state index in [1.807, 2.05) is 0 Å². The maximum Gasteiger partial charge on any atom is 0.337 e. The Morgan fingerprint density at radius 1 is 1.57 bits per heavy atom. The maximum atomic E-state index is 10.5. The molecule has 0 radical (unpaired) electrons. The molecule has 1 aromatic carbocycles. The van der Waals surface area contributed by atoms with E-state index >= 15 is 0 Å². The van der Waals surface area contributed by atoms with E-state index in [2.05, 4.69) is 0 Å². The number of aliphatic hydroxyl groups excluding tert-OH is 1. The Kier molecular flexibility index (Phi) is 3.07. The van der Waals surface area contributed by atoms with Gasteiger partial charge < -0.3 is 10.2 Å². The van der Waals surface area contributed by atoms with Crippen LogP contribution >= 0.6 is 11.6 Å². The van der Waals surface area contributed by atoms with E-state index in [4.69, 9.17) is 22.0 Å². The fraction of sp³-hybridized carbons (Fsp3) is 0.111. The summed E-state index contributed by atoms with van der Waals surface area (Å²) in [6.07, 6.45) is -1.72. The quantitative estimate of drug-likeness (QED) is 0.773. The van der Waals surface area contributed by atoms with Crippen LogP contribution in [0.25, 0.3) is 0 Å². The van der Waals surface area contributed by atoms with Crippen molar-refractivity contribution in [2.75, 3.05) is 0 Å². The second-order valence-electron chi connectivity index (χ2n) is 2.58. The molecular formula is C9H6ClNO3. The first-order valence-corrected chi connectivity index (χ1v) is 4.04. The number of aliphatic carboxylic acids is 1. The molecule has 0 aliphatic rings. The number of carboxylic acids is 1. The van der Waals surface area contributed by atoms with Crippen LogP contribution in [0.4, 0.5) is 0 Å². The molecule has 0 spiro atoms. The molecule has 0 heterocycles. The highest BCUT2D eigenvalue weighted by Crippen LogP contribution is 2.22. The van der Waals surface area contributed by atoms with Crippen LogP contribution in [0.2, 0.25) is 5.02 Å². The van der Waals surface area contributed by atoms with Crippen molar-refractivity contribution in [3.05, 3.63) is 34.3 Å². The third-order valence-electron chi connectivity index (χ3n) is 1.66. The van der Waals surface area contributed by atoms with Gasteiger partial charge in [0.2, 0.25) is 0 Å². The van der Waals surface area contributed by atoms with Crippen LogP contribution in [0.3, 0.4) is 0 Å². The molecule has 0 aliphatic carbocycles. The minimum absolute atomic E-state index is 0.00694. The number of hydrogen-bond donors (Lipinski definition) is 2. The van der Waals surface area contributed by atoms with Crippen molar-refractivity contribution in [1.82, 2.24) is 0 Å². The van der Waals surface area contributed by atoms with Crippen LogP contribution in [0, 0.1) is 11.3 Å². The highest BCUT2D eigenvalue weighted by atomic mass is 35.5. The summed E-state index contributed by atoms with van der Waals surface area (Å²) < 4.78 is 0. The molecule has 0 bridgehead atoms. The number of hydrogen-bond acceptors (Lipinski definition) is 3. The molecule has 1 rings (SSSR count). The fourth-order valence-electron chi connectivity index (χ4n) is 0.995. The minimum atomic E-state index is -1.72. The normalized spacial score (nSPS) is 11.8. The van der Waals surface area contributed by atoms with Gasteiger partial charge in [-0.1, -0.05) is 11.6 Å². The minimum Gasteiger partial charge on any atom is -0.479 e. The number of rotatable bonds is 2. The summed E-state index contributed by atoms with van der Waals surface area (Å²) in [5, 5.41) is 26.7. The van der Waals surface area contributed by atoms with Crippen molar-refractivity contribution in [3.63, 3.8) is 0 Å². The summed E-state index contributed by atoms with van der Waals surface area (Å²) in [5.74, 6) is -1.41. The molecule has 1 aromatic rings. The second-order valence-corrected chi connectivity index (χ2v) is 3.02. The molecule has 0 saturated heterocycles. The third-order valence-corrected chi connectivity index (χ3v) is 1.90. The molecule has 4 nitrogen and oxygen atoms in total. The van der Waals surface area contributed by atoms with E-state index in [0.29, 0.717) is 0 Å². The van der Waals surface area contributed by atoms with E-state index in [1.165, 1.54) is 18.2 Å². The van der Waals surface area contributed by atoms with Gasteiger partial charge in [-0.3, -0.25) is 0 Å². The van der Waals surface area contributed by atoms with Crippen LogP contribution in [-0.4, -0.2) is 16.2 Å². The number of nitriles is 1. The summed E-state index contributed by atoms with van der Waals surface area (Å²) in [4.78, 5) is 10.5. The number of benzene rings is 1.